The van der Waals surface area contributed by atoms with Crippen molar-refractivity contribution in [1.82, 2.24) is 15.5 Å². The van der Waals surface area contributed by atoms with Crippen molar-refractivity contribution in [2.45, 2.75) is 6.92 Å². The van der Waals surface area contributed by atoms with Gasteiger partial charge in [0.15, 0.2) is 0 Å². The second-order valence-electron chi connectivity index (χ2n) is 2.90. The minimum Gasteiger partial charge on any atom is -0.355 e. The molecule has 1 aliphatic heterocycles. The van der Waals surface area contributed by atoms with Crippen LogP contribution < -0.4 is 10.6 Å². The van der Waals surface area contributed by atoms with Crippen molar-refractivity contribution in [2.24, 2.45) is 0 Å². The monoisotopic (exact) mass is 170 g/mol. The normalized spacial score (nSPS) is 19.1. The van der Waals surface area contributed by atoms with Crippen LogP contribution in [0.3, 0.4) is 0 Å². The first-order chi connectivity index (χ1) is 5.83. The molecule has 1 amide bonds. The molecule has 0 aromatic carbocycles. The zero-order chi connectivity index (χ0) is 8.81. The van der Waals surface area contributed by atoms with Crippen molar-refractivity contribution in [3.63, 3.8) is 0 Å². The van der Waals surface area contributed by atoms with E-state index in [-0.39, 0.29) is 5.91 Å². The maximum absolute atomic E-state index is 11.1. The first kappa shape index (κ1) is 9.48. The fourth-order valence-electron chi connectivity index (χ4n) is 1.26. The molecule has 12 heavy (non-hydrogen) atoms. The third-order valence-corrected chi connectivity index (χ3v) is 1.89. The molecule has 1 rings (SSSR count). The molecule has 1 fully saturated rings. The molecule has 0 saturated carbocycles. The molecule has 0 atom stereocenters. The fraction of sp³-hybridized carbons (Fsp3) is 0.875. The number of nitrogens with zero attached hydrogens (tertiary/aromatic N) is 2. The van der Waals surface area contributed by atoms with Crippen molar-refractivity contribution < 1.29 is 4.79 Å². The average molecular weight is 170 g/mol. The molecular formula is C8H16N3O. The third kappa shape index (κ3) is 3.19. The third-order valence-electron chi connectivity index (χ3n) is 1.89. The van der Waals surface area contributed by atoms with Crippen molar-refractivity contribution in [3.8, 4) is 0 Å². The molecule has 1 saturated heterocycles. The lowest BCUT2D eigenvalue weighted by Crippen LogP contribution is -2.45. The van der Waals surface area contributed by atoms with E-state index in [0.29, 0.717) is 6.54 Å². The molecule has 1 radical (unpaired) electrons. The van der Waals surface area contributed by atoms with Gasteiger partial charge in [-0.15, -0.1) is 0 Å². The average Bonchev–Trinajstić information content (AvgIpc) is 2.06. The van der Waals surface area contributed by atoms with E-state index < -0.39 is 0 Å². The highest BCUT2D eigenvalue weighted by atomic mass is 16.2. The first-order valence-corrected chi connectivity index (χ1v) is 4.45. The van der Waals surface area contributed by atoms with Crippen LogP contribution in [0.2, 0.25) is 0 Å². The van der Waals surface area contributed by atoms with E-state index >= 15 is 0 Å². The highest BCUT2D eigenvalue weighted by Crippen LogP contribution is 1.91. The SMILES string of the molecule is CCNC(=O)CN1CC[N]CC1. The largest absolute Gasteiger partial charge is 0.355 e. The van der Waals surface area contributed by atoms with Crippen LogP contribution in [0, 0.1) is 0 Å². The van der Waals surface area contributed by atoms with Crippen LogP contribution in [0.5, 0.6) is 0 Å². The lowest BCUT2D eigenvalue weighted by molar-refractivity contribution is -0.122. The fourth-order valence-corrected chi connectivity index (χ4v) is 1.26. The summed E-state index contributed by atoms with van der Waals surface area (Å²) in [4.78, 5) is 13.3. The molecule has 1 heterocycles. The van der Waals surface area contributed by atoms with Crippen molar-refractivity contribution >= 4 is 5.91 Å². The summed E-state index contributed by atoms with van der Waals surface area (Å²) in [5, 5.41) is 6.99. The summed E-state index contributed by atoms with van der Waals surface area (Å²) in [7, 11) is 0. The van der Waals surface area contributed by atoms with Gasteiger partial charge >= 0.3 is 0 Å². The summed E-state index contributed by atoms with van der Waals surface area (Å²) < 4.78 is 0. The smallest absolute Gasteiger partial charge is 0.234 e. The highest BCUT2D eigenvalue weighted by molar-refractivity contribution is 5.77. The zero-order valence-corrected chi connectivity index (χ0v) is 7.55. The lowest BCUT2D eigenvalue weighted by Gasteiger charge is -2.25. The van der Waals surface area contributed by atoms with Crippen LogP contribution in [0.1, 0.15) is 6.92 Å². The Bertz CT molecular complexity index is 143. The van der Waals surface area contributed by atoms with E-state index in [1.807, 2.05) is 6.92 Å². The second-order valence-corrected chi connectivity index (χ2v) is 2.90. The Kier molecular flexibility index (Phi) is 4.04. The van der Waals surface area contributed by atoms with Crippen LogP contribution in [-0.2, 0) is 4.79 Å². The van der Waals surface area contributed by atoms with Gasteiger partial charge in [-0.3, -0.25) is 9.69 Å². The van der Waals surface area contributed by atoms with Crippen molar-refractivity contribution in [3.05, 3.63) is 0 Å². The molecule has 69 valence electrons. The maximum Gasteiger partial charge on any atom is 0.234 e. The van der Waals surface area contributed by atoms with Gasteiger partial charge in [-0.2, -0.15) is 0 Å². The van der Waals surface area contributed by atoms with Crippen LogP contribution >= 0.6 is 0 Å². The summed E-state index contributed by atoms with van der Waals surface area (Å²) in [5.41, 5.74) is 0. The Morgan fingerprint density at radius 1 is 1.50 bits per heavy atom. The predicted octanol–water partition coefficient (Wildman–Crippen LogP) is -0.957. The summed E-state index contributed by atoms with van der Waals surface area (Å²) in [5.74, 6) is 0.124. The molecule has 1 N–H and O–H groups in total. The van der Waals surface area contributed by atoms with Gasteiger partial charge in [0.2, 0.25) is 5.91 Å². The van der Waals surface area contributed by atoms with Gasteiger partial charge in [-0.25, -0.2) is 5.32 Å². The predicted molar refractivity (Wildman–Crippen MR) is 47.0 cm³/mol. The van der Waals surface area contributed by atoms with Crippen LogP contribution in [0.4, 0.5) is 0 Å². The Morgan fingerprint density at radius 2 is 2.17 bits per heavy atom. The standard InChI is InChI=1S/C8H16N3O/c1-2-10-8(12)7-11-5-3-9-4-6-11/h2-7H2,1H3,(H,10,12). The van der Waals surface area contributed by atoms with Crippen LogP contribution in [0.25, 0.3) is 0 Å². The quantitative estimate of drug-likeness (QED) is 0.593. The van der Waals surface area contributed by atoms with E-state index in [9.17, 15) is 4.79 Å². The van der Waals surface area contributed by atoms with Crippen LogP contribution in [0.15, 0.2) is 0 Å². The topological polar surface area (TPSA) is 46.4 Å². The first-order valence-electron chi connectivity index (χ1n) is 4.45. The van der Waals surface area contributed by atoms with Gasteiger partial charge < -0.3 is 5.32 Å². The lowest BCUT2D eigenvalue weighted by atomic mass is 10.3. The van der Waals surface area contributed by atoms with Gasteiger partial charge in [0.25, 0.3) is 0 Å². The Hall–Kier alpha value is -0.610. The number of amides is 1. The summed E-state index contributed by atoms with van der Waals surface area (Å²) in [6.45, 7) is 6.79. The molecule has 0 spiro atoms. The summed E-state index contributed by atoms with van der Waals surface area (Å²) in [6.07, 6.45) is 0. The maximum atomic E-state index is 11.1. The van der Waals surface area contributed by atoms with E-state index in [0.717, 1.165) is 32.7 Å². The number of hydrogen-bond acceptors (Lipinski definition) is 2. The van der Waals surface area contributed by atoms with Gasteiger partial charge in [0.05, 0.1) is 6.54 Å². The van der Waals surface area contributed by atoms with E-state index in [1.54, 1.807) is 0 Å². The molecule has 4 nitrogen and oxygen atoms in total. The van der Waals surface area contributed by atoms with Crippen LogP contribution in [-0.4, -0.2) is 50.1 Å². The van der Waals surface area contributed by atoms with Gasteiger partial charge in [0.1, 0.15) is 0 Å². The number of likely N-dealkylation sites (N-methyl/N-ethyl adjacent to an activating group) is 1. The molecule has 0 aliphatic carbocycles. The van der Waals surface area contributed by atoms with Gasteiger partial charge in [-0.05, 0) is 6.92 Å². The zero-order valence-electron chi connectivity index (χ0n) is 7.55. The second kappa shape index (κ2) is 5.11. The number of hydrogen-bond donors (Lipinski definition) is 1. The minimum absolute atomic E-state index is 0.124. The van der Waals surface area contributed by atoms with Gasteiger partial charge in [-0.1, -0.05) is 0 Å². The number of carbonyl (C=O) groups is 1. The highest BCUT2D eigenvalue weighted by Gasteiger charge is 2.12. The molecule has 0 aromatic heterocycles. The Morgan fingerprint density at radius 3 is 2.75 bits per heavy atom. The van der Waals surface area contributed by atoms with E-state index in [1.165, 1.54) is 0 Å². The van der Waals surface area contributed by atoms with E-state index in [2.05, 4.69) is 15.5 Å². The molecule has 1 aliphatic rings. The number of piperazine rings is 1. The molecule has 0 aromatic rings. The molecule has 0 bridgehead atoms. The molecule has 4 heteroatoms. The van der Waals surface area contributed by atoms with Crippen molar-refractivity contribution in [1.29, 1.82) is 0 Å². The Labute approximate surface area is 73.3 Å². The number of rotatable bonds is 3. The van der Waals surface area contributed by atoms with E-state index in [4.69, 9.17) is 0 Å². The number of carbonyl (C=O) groups excluding carboxylic acids is 1. The number of nitrogens with one attached hydrogen (secondary N) is 1. The van der Waals surface area contributed by atoms with Gasteiger partial charge in [0, 0.05) is 32.7 Å². The minimum atomic E-state index is 0.124. The Balaban J connectivity index is 2.15. The summed E-state index contributed by atoms with van der Waals surface area (Å²) >= 11 is 0. The van der Waals surface area contributed by atoms with Crippen molar-refractivity contribution in [2.75, 3.05) is 39.3 Å². The molecule has 0 unspecified atom stereocenters. The molecular weight excluding hydrogens is 154 g/mol. The summed E-state index contributed by atoms with van der Waals surface area (Å²) in [6, 6.07) is 0.